The summed E-state index contributed by atoms with van der Waals surface area (Å²) in [5, 5.41) is 9.44. The fourth-order valence-corrected chi connectivity index (χ4v) is 4.03. The van der Waals surface area contributed by atoms with Crippen molar-refractivity contribution in [2.45, 2.75) is 18.9 Å². The molecule has 2 saturated heterocycles. The molecule has 2 aliphatic heterocycles. The molecule has 2 amide bonds. The van der Waals surface area contributed by atoms with Gasteiger partial charge in [-0.05, 0) is 36.2 Å². The molecule has 1 unspecified atom stereocenters. The number of carbonyl (C=O) groups excluding carboxylic acids is 2. The number of nitrogens with zero attached hydrogens (tertiary/aromatic N) is 3. The molecule has 28 heavy (non-hydrogen) atoms. The highest BCUT2D eigenvalue weighted by molar-refractivity contribution is 6.05. The number of hydrogen-bond acceptors (Lipinski definition) is 5. The van der Waals surface area contributed by atoms with E-state index in [1.54, 1.807) is 12.1 Å². The lowest BCUT2D eigenvalue weighted by atomic mass is 10.1. The molecule has 6 nitrogen and oxygen atoms in total. The number of rotatable bonds is 5. The van der Waals surface area contributed by atoms with E-state index in [0.29, 0.717) is 13.0 Å². The summed E-state index contributed by atoms with van der Waals surface area (Å²) < 4.78 is 0. The van der Waals surface area contributed by atoms with Crippen molar-refractivity contribution in [1.82, 2.24) is 9.80 Å². The first-order valence-electron chi connectivity index (χ1n) is 9.78. The zero-order valence-electron chi connectivity index (χ0n) is 15.8. The molecule has 2 aromatic carbocycles. The summed E-state index contributed by atoms with van der Waals surface area (Å²) in [5.74, 6) is 0.138. The molecule has 1 N–H and O–H groups in total. The number of benzene rings is 2. The van der Waals surface area contributed by atoms with Gasteiger partial charge in [-0.2, -0.15) is 0 Å². The molecular weight excluding hydrogens is 354 g/mol. The lowest BCUT2D eigenvalue weighted by molar-refractivity contribution is -0.139. The van der Waals surface area contributed by atoms with Crippen LogP contribution in [-0.2, 0) is 16.0 Å². The lowest BCUT2D eigenvalue weighted by Gasteiger charge is -2.38. The van der Waals surface area contributed by atoms with Gasteiger partial charge in [0.05, 0.1) is 12.5 Å². The molecule has 146 valence electrons. The minimum Gasteiger partial charge on any atom is -0.508 e. The molecule has 0 aliphatic carbocycles. The standard InChI is InChI=1S/C22H25N3O3/c26-19-8-6-18(7-9-19)23-12-14-24(15-13-23)20-16-21(27)25(22(20)28)11-10-17-4-2-1-3-5-17/h1-9,20,26H,10-16H2. The minimum absolute atomic E-state index is 0.0565. The molecule has 0 bridgehead atoms. The molecule has 2 fully saturated rings. The molecule has 1 atom stereocenters. The topological polar surface area (TPSA) is 64.1 Å². The second kappa shape index (κ2) is 8.02. The zero-order chi connectivity index (χ0) is 19.5. The van der Waals surface area contributed by atoms with Crippen LogP contribution in [0.2, 0.25) is 0 Å². The molecule has 2 heterocycles. The van der Waals surface area contributed by atoms with Crippen molar-refractivity contribution >= 4 is 17.5 Å². The Morgan fingerprint density at radius 2 is 1.57 bits per heavy atom. The summed E-state index contributed by atoms with van der Waals surface area (Å²) in [4.78, 5) is 31.1. The van der Waals surface area contributed by atoms with Crippen molar-refractivity contribution in [3.05, 3.63) is 60.2 Å². The molecule has 0 radical (unpaired) electrons. The number of imide groups is 1. The Kier molecular flexibility index (Phi) is 5.30. The average Bonchev–Trinajstić information content (AvgIpc) is 3.01. The Morgan fingerprint density at radius 3 is 2.25 bits per heavy atom. The van der Waals surface area contributed by atoms with Gasteiger partial charge in [0.1, 0.15) is 5.75 Å². The van der Waals surface area contributed by atoms with Crippen molar-refractivity contribution in [1.29, 1.82) is 0 Å². The number of carbonyl (C=O) groups is 2. The van der Waals surface area contributed by atoms with Gasteiger partial charge in [0.25, 0.3) is 0 Å². The molecule has 4 rings (SSSR count). The molecule has 2 aromatic rings. The second-order valence-electron chi connectivity index (χ2n) is 7.38. The number of amides is 2. The van der Waals surface area contributed by atoms with Crippen LogP contribution in [-0.4, -0.2) is 65.5 Å². The highest BCUT2D eigenvalue weighted by Crippen LogP contribution is 2.24. The number of phenolic OH excluding ortho intramolecular Hbond substituents is 1. The van der Waals surface area contributed by atoms with Crippen LogP contribution < -0.4 is 4.90 Å². The van der Waals surface area contributed by atoms with E-state index in [-0.39, 0.29) is 30.0 Å². The summed E-state index contributed by atoms with van der Waals surface area (Å²) in [5.41, 5.74) is 2.20. The number of aromatic hydroxyl groups is 1. The summed E-state index contributed by atoms with van der Waals surface area (Å²) in [7, 11) is 0. The van der Waals surface area contributed by atoms with Crippen molar-refractivity contribution in [3.63, 3.8) is 0 Å². The maximum atomic E-state index is 12.8. The van der Waals surface area contributed by atoms with Crippen LogP contribution in [0.25, 0.3) is 0 Å². The van der Waals surface area contributed by atoms with Gasteiger partial charge >= 0.3 is 0 Å². The first-order chi connectivity index (χ1) is 13.6. The highest BCUT2D eigenvalue weighted by atomic mass is 16.3. The average molecular weight is 379 g/mol. The van der Waals surface area contributed by atoms with E-state index in [1.165, 1.54) is 4.90 Å². The summed E-state index contributed by atoms with van der Waals surface area (Å²) >= 11 is 0. The Hall–Kier alpha value is -2.86. The Bertz CT molecular complexity index is 830. The number of anilines is 1. The number of hydrogen-bond donors (Lipinski definition) is 1. The maximum absolute atomic E-state index is 12.8. The number of likely N-dealkylation sites (tertiary alicyclic amines) is 1. The highest BCUT2D eigenvalue weighted by Gasteiger charge is 2.42. The van der Waals surface area contributed by atoms with Crippen molar-refractivity contribution in [2.75, 3.05) is 37.6 Å². The van der Waals surface area contributed by atoms with Crippen molar-refractivity contribution in [3.8, 4) is 5.75 Å². The van der Waals surface area contributed by atoms with Crippen molar-refractivity contribution in [2.24, 2.45) is 0 Å². The normalized spacial score (nSPS) is 20.8. The number of phenols is 1. The largest absolute Gasteiger partial charge is 0.508 e. The van der Waals surface area contributed by atoms with E-state index in [9.17, 15) is 14.7 Å². The molecule has 0 spiro atoms. The summed E-state index contributed by atoms with van der Waals surface area (Å²) in [6.07, 6.45) is 0.979. The van der Waals surface area contributed by atoms with Crippen molar-refractivity contribution < 1.29 is 14.7 Å². The lowest BCUT2D eigenvalue weighted by Crippen LogP contribution is -2.52. The van der Waals surface area contributed by atoms with Gasteiger partial charge in [0.2, 0.25) is 11.8 Å². The van der Waals surface area contributed by atoms with Crippen LogP contribution in [0.3, 0.4) is 0 Å². The third-order valence-electron chi connectivity index (χ3n) is 5.66. The third-order valence-corrected chi connectivity index (χ3v) is 5.66. The second-order valence-corrected chi connectivity index (χ2v) is 7.38. The smallest absolute Gasteiger partial charge is 0.247 e. The predicted molar refractivity (Wildman–Crippen MR) is 107 cm³/mol. The van der Waals surface area contributed by atoms with Crippen LogP contribution in [0.5, 0.6) is 5.75 Å². The van der Waals surface area contributed by atoms with Gasteiger partial charge in [-0.3, -0.25) is 19.4 Å². The first-order valence-corrected chi connectivity index (χ1v) is 9.78. The first kappa shape index (κ1) is 18.5. The Balaban J connectivity index is 1.33. The molecule has 0 saturated carbocycles. The van der Waals surface area contributed by atoms with Crippen LogP contribution in [0.1, 0.15) is 12.0 Å². The molecule has 2 aliphatic rings. The van der Waals surface area contributed by atoms with Gasteiger partial charge in [0, 0.05) is 38.4 Å². The van der Waals surface area contributed by atoms with Gasteiger partial charge in [0.15, 0.2) is 0 Å². The quantitative estimate of drug-likeness (QED) is 0.804. The fraction of sp³-hybridized carbons (Fsp3) is 0.364. The Morgan fingerprint density at radius 1 is 0.893 bits per heavy atom. The summed E-state index contributed by atoms with van der Waals surface area (Å²) in [6.45, 7) is 3.54. The fourth-order valence-electron chi connectivity index (χ4n) is 4.03. The van der Waals surface area contributed by atoms with Crippen LogP contribution in [0.4, 0.5) is 5.69 Å². The van der Waals surface area contributed by atoms with E-state index in [2.05, 4.69) is 9.80 Å². The van der Waals surface area contributed by atoms with Gasteiger partial charge in [-0.25, -0.2) is 0 Å². The SMILES string of the molecule is O=C1CC(N2CCN(c3ccc(O)cc3)CC2)C(=O)N1CCc1ccccc1. The molecule has 6 heteroatoms. The van der Waals surface area contributed by atoms with E-state index < -0.39 is 0 Å². The van der Waals surface area contributed by atoms with Gasteiger partial charge in [-0.1, -0.05) is 30.3 Å². The monoisotopic (exact) mass is 379 g/mol. The van der Waals surface area contributed by atoms with Crippen LogP contribution >= 0.6 is 0 Å². The minimum atomic E-state index is -0.328. The Labute approximate surface area is 165 Å². The summed E-state index contributed by atoms with van der Waals surface area (Å²) in [6, 6.07) is 16.8. The van der Waals surface area contributed by atoms with Gasteiger partial charge in [-0.15, -0.1) is 0 Å². The molecule has 0 aromatic heterocycles. The van der Waals surface area contributed by atoms with Crippen LogP contribution in [0, 0.1) is 0 Å². The van der Waals surface area contributed by atoms with Gasteiger partial charge < -0.3 is 10.0 Å². The zero-order valence-corrected chi connectivity index (χ0v) is 15.8. The van der Waals surface area contributed by atoms with E-state index in [4.69, 9.17) is 0 Å². The van der Waals surface area contributed by atoms with E-state index in [0.717, 1.165) is 37.4 Å². The predicted octanol–water partition coefficient (Wildman–Crippen LogP) is 1.88. The number of piperazine rings is 1. The van der Waals surface area contributed by atoms with Crippen LogP contribution in [0.15, 0.2) is 54.6 Å². The van der Waals surface area contributed by atoms with E-state index in [1.807, 2.05) is 42.5 Å². The van der Waals surface area contributed by atoms with E-state index >= 15 is 0 Å². The maximum Gasteiger partial charge on any atom is 0.247 e. The third kappa shape index (κ3) is 3.87. The molecular formula is C22H25N3O3.